The van der Waals surface area contributed by atoms with Gasteiger partial charge in [0.15, 0.2) is 0 Å². The first-order valence-corrected chi connectivity index (χ1v) is 4.05. The molecule has 0 aliphatic rings. The molecule has 1 rings (SSSR count). The maximum Gasteiger partial charge on any atom is 0.00734 e. The van der Waals surface area contributed by atoms with E-state index >= 15 is 0 Å². The molecule has 0 bridgehead atoms. The molecular weight excluding hydrogens is 128 g/mol. The summed E-state index contributed by atoms with van der Waals surface area (Å²) < 4.78 is 0. The van der Waals surface area contributed by atoms with E-state index in [1.54, 1.807) is 0 Å². The van der Waals surface area contributed by atoms with Gasteiger partial charge in [-0.3, -0.25) is 0 Å². The standard InChI is InChI=1S/C8H11S/c1-3-7(2)8-5-4-6-9-8/h4-7H,1,3H2,2H3. The van der Waals surface area contributed by atoms with E-state index in [0.29, 0.717) is 5.92 Å². The number of rotatable bonds is 2. The van der Waals surface area contributed by atoms with Gasteiger partial charge in [0, 0.05) is 4.88 Å². The summed E-state index contributed by atoms with van der Waals surface area (Å²) in [6, 6.07) is 4.26. The summed E-state index contributed by atoms with van der Waals surface area (Å²) in [5, 5.41) is 2.11. The van der Waals surface area contributed by atoms with Crippen molar-refractivity contribution in [2.24, 2.45) is 0 Å². The molecule has 0 aliphatic heterocycles. The van der Waals surface area contributed by atoms with Crippen molar-refractivity contribution in [3.8, 4) is 0 Å². The van der Waals surface area contributed by atoms with Crippen LogP contribution in [0.15, 0.2) is 17.5 Å². The van der Waals surface area contributed by atoms with Gasteiger partial charge in [0.25, 0.3) is 0 Å². The molecule has 1 radical (unpaired) electrons. The van der Waals surface area contributed by atoms with E-state index in [4.69, 9.17) is 0 Å². The lowest BCUT2D eigenvalue weighted by Gasteiger charge is -2.02. The summed E-state index contributed by atoms with van der Waals surface area (Å²) in [6.07, 6.45) is 1.00. The Morgan fingerprint density at radius 2 is 2.56 bits per heavy atom. The predicted octanol–water partition coefficient (Wildman–Crippen LogP) is 3.08. The lowest BCUT2D eigenvalue weighted by atomic mass is 10.1. The van der Waals surface area contributed by atoms with Crippen LogP contribution in [-0.4, -0.2) is 0 Å². The molecule has 1 aromatic heterocycles. The molecule has 0 spiro atoms. The Bertz CT molecular complexity index is 153. The lowest BCUT2D eigenvalue weighted by Crippen LogP contribution is -1.84. The van der Waals surface area contributed by atoms with Gasteiger partial charge >= 0.3 is 0 Å². The van der Waals surface area contributed by atoms with Gasteiger partial charge in [-0.2, -0.15) is 0 Å². The second kappa shape index (κ2) is 3.02. The van der Waals surface area contributed by atoms with E-state index in [9.17, 15) is 0 Å². The van der Waals surface area contributed by atoms with Crippen LogP contribution >= 0.6 is 11.3 Å². The van der Waals surface area contributed by atoms with Crippen LogP contribution in [0, 0.1) is 6.92 Å². The van der Waals surface area contributed by atoms with E-state index in [0.717, 1.165) is 6.42 Å². The van der Waals surface area contributed by atoms with Crippen molar-refractivity contribution in [1.29, 1.82) is 0 Å². The molecule has 0 amide bonds. The number of hydrogen-bond acceptors (Lipinski definition) is 1. The zero-order valence-corrected chi connectivity index (χ0v) is 6.45. The van der Waals surface area contributed by atoms with E-state index in [1.165, 1.54) is 4.88 Å². The van der Waals surface area contributed by atoms with Gasteiger partial charge in [-0.05, 0) is 23.8 Å². The summed E-state index contributed by atoms with van der Waals surface area (Å²) in [7, 11) is 0. The molecule has 1 atom stereocenters. The maximum atomic E-state index is 3.85. The summed E-state index contributed by atoms with van der Waals surface area (Å²) >= 11 is 1.82. The van der Waals surface area contributed by atoms with Gasteiger partial charge in [0.1, 0.15) is 0 Å². The summed E-state index contributed by atoms with van der Waals surface area (Å²) in [5.41, 5.74) is 0. The monoisotopic (exact) mass is 139 g/mol. The minimum absolute atomic E-state index is 0.644. The fraction of sp³-hybridized carbons (Fsp3) is 0.375. The van der Waals surface area contributed by atoms with Crippen LogP contribution in [0.3, 0.4) is 0 Å². The predicted molar refractivity (Wildman–Crippen MR) is 42.7 cm³/mol. The fourth-order valence-electron chi connectivity index (χ4n) is 0.714. The highest BCUT2D eigenvalue weighted by atomic mass is 32.1. The normalized spacial score (nSPS) is 13.6. The summed E-state index contributed by atoms with van der Waals surface area (Å²) in [5.74, 6) is 0.644. The third-order valence-electron chi connectivity index (χ3n) is 1.46. The van der Waals surface area contributed by atoms with Crippen LogP contribution in [0.5, 0.6) is 0 Å². The average Bonchev–Trinajstić information content (AvgIpc) is 2.37. The van der Waals surface area contributed by atoms with Crippen molar-refractivity contribution in [3.63, 3.8) is 0 Å². The zero-order chi connectivity index (χ0) is 6.69. The van der Waals surface area contributed by atoms with Crippen LogP contribution in [0.25, 0.3) is 0 Å². The Balaban J connectivity index is 2.65. The summed E-state index contributed by atoms with van der Waals surface area (Å²) in [6.45, 7) is 6.06. The first-order valence-electron chi connectivity index (χ1n) is 3.17. The number of hydrogen-bond donors (Lipinski definition) is 0. The molecule has 0 aromatic carbocycles. The molecule has 0 saturated heterocycles. The molecule has 0 aliphatic carbocycles. The van der Waals surface area contributed by atoms with Crippen molar-refractivity contribution in [1.82, 2.24) is 0 Å². The van der Waals surface area contributed by atoms with E-state index in [2.05, 4.69) is 31.4 Å². The minimum atomic E-state index is 0.644. The first kappa shape index (κ1) is 6.81. The van der Waals surface area contributed by atoms with Crippen molar-refractivity contribution in [2.75, 3.05) is 0 Å². The van der Waals surface area contributed by atoms with Crippen LogP contribution < -0.4 is 0 Å². The molecule has 49 valence electrons. The Morgan fingerprint density at radius 3 is 3.00 bits per heavy atom. The van der Waals surface area contributed by atoms with E-state index < -0.39 is 0 Å². The second-order valence-electron chi connectivity index (χ2n) is 2.21. The molecule has 0 fully saturated rings. The molecule has 1 heteroatoms. The first-order chi connectivity index (χ1) is 4.34. The quantitative estimate of drug-likeness (QED) is 0.590. The van der Waals surface area contributed by atoms with Gasteiger partial charge in [-0.25, -0.2) is 0 Å². The molecule has 9 heavy (non-hydrogen) atoms. The lowest BCUT2D eigenvalue weighted by molar-refractivity contribution is 0.796. The SMILES string of the molecule is [CH2]CC(C)c1cccs1. The topological polar surface area (TPSA) is 0 Å². The highest BCUT2D eigenvalue weighted by Crippen LogP contribution is 2.22. The van der Waals surface area contributed by atoms with Gasteiger partial charge in [0.2, 0.25) is 0 Å². The Labute approximate surface area is 60.5 Å². The van der Waals surface area contributed by atoms with E-state index in [-0.39, 0.29) is 0 Å². The zero-order valence-electron chi connectivity index (χ0n) is 5.63. The fourth-order valence-corrected chi connectivity index (χ4v) is 1.54. The summed E-state index contributed by atoms with van der Waals surface area (Å²) in [4.78, 5) is 1.45. The van der Waals surface area contributed by atoms with Gasteiger partial charge < -0.3 is 0 Å². The molecule has 0 saturated carbocycles. The van der Waals surface area contributed by atoms with Crippen LogP contribution in [0.2, 0.25) is 0 Å². The van der Waals surface area contributed by atoms with Crippen LogP contribution in [-0.2, 0) is 0 Å². The van der Waals surface area contributed by atoms with Gasteiger partial charge in [-0.15, -0.1) is 11.3 Å². The molecule has 0 N–H and O–H groups in total. The van der Waals surface area contributed by atoms with Gasteiger partial charge in [-0.1, -0.05) is 19.9 Å². The molecular formula is C8H11S. The third kappa shape index (κ3) is 1.55. The second-order valence-corrected chi connectivity index (χ2v) is 3.18. The van der Waals surface area contributed by atoms with Crippen molar-refractivity contribution in [2.45, 2.75) is 19.3 Å². The number of thiophene rings is 1. The maximum absolute atomic E-state index is 3.85. The smallest absolute Gasteiger partial charge is 0.00734 e. The van der Waals surface area contributed by atoms with Crippen LogP contribution in [0.4, 0.5) is 0 Å². The van der Waals surface area contributed by atoms with Crippen LogP contribution in [0.1, 0.15) is 24.1 Å². The minimum Gasteiger partial charge on any atom is -0.149 e. The Morgan fingerprint density at radius 1 is 1.78 bits per heavy atom. The third-order valence-corrected chi connectivity index (χ3v) is 2.57. The largest absolute Gasteiger partial charge is 0.149 e. The molecule has 1 unspecified atom stereocenters. The van der Waals surface area contributed by atoms with Crippen molar-refractivity contribution < 1.29 is 0 Å². The molecule has 0 nitrogen and oxygen atoms in total. The Kier molecular flexibility index (Phi) is 2.29. The van der Waals surface area contributed by atoms with E-state index in [1.807, 2.05) is 11.3 Å². The van der Waals surface area contributed by atoms with Crippen molar-refractivity contribution >= 4 is 11.3 Å². The van der Waals surface area contributed by atoms with Crippen molar-refractivity contribution in [3.05, 3.63) is 29.3 Å². The highest BCUT2D eigenvalue weighted by molar-refractivity contribution is 7.10. The van der Waals surface area contributed by atoms with Gasteiger partial charge in [0.05, 0.1) is 0 Å². The highest BCUT2D eigenvalue weighted by Gasteiger charge is 2.01. The Hall–Kier alpha value is -0.300. The molecule has 1 heterocycles. The molecule has 1 aromatic rings. The average molecular weight is 139 g/mol.